The van der Waals surface area contributed by atoms with Crippen molar-refractivity contribution in [1.82, 2.24) is 4.98 Å². The molecule has 0 aliphatic heterocycles. The first kappa shape index (κ1) is 15.0. The Labute approximate surface area is 132 Å². The standard InChI is InChI=1S/C12H7BrCl2FN3O/c13-7-3-8(14)6(2-10(7)16)12(20)19-5-1-9(15)11(17)18-4-5/h1-4H,(H2,17,18)(H,19,20). The smallest absolute Gasteiger partial charge is 0.257 e. The number of aromatic nitrogens is 1. The molecule has 4 nitrogen and oxygen atoms in total. The zero-order valence-corrected chi connectivity index (χ0v) is 12.9. The topological polar surface area (TPSA) is 68.0 Å². The number of carbonyl (C=O) groups excluding carboxylic acids is 1. The van der Waals surface area contributed by atoms with E-state index in [-0.39, 0.29) is 25.9 Å². The molecule has 8 heteroatoms. The summed E-state index contributed by atoms with van der Waals surface area (Å²) in [5.74, 6) is -1.02. The summed E-state index contributed by atoms with van der Waals surface area (Å²) in [6.07, 6.45) is 1.34. The Kier molecular flexibility index (Phi) is 4.47. The first-order valence-electron chi connectivity index (χ1n) is 5.25. The summed E-state index contributed by atoms with van der Waals surface area (Å²) in [5, 5.41) is 2.83. The highest BCUT2D eigenvalue weighted by molar-refractivity contribution is 9.10. The molecule has 0 spiro atoms. The molecule has 1 aromatic heterocycles. The van der Waals surface area contributed by atoms with Gasteiger partial charge < -0.3 is 11.1 Å². The van der Waals surface area contributed by atoms with Crippen molar-refractivity contribution in [3.8, 4) is 0 Å². The van der Waals surface area contributed by atoms with Gasteiger partial charge in [0.15, 0.2) is 0 Å². The largest absolute Gasteiger partial charge is 0.382 e. The van der Waals surface area contributed by atoms with Crippen LogP contribution in [-0.2, 0) is 0 Å². The van der Waals surface area contributed by atoms with Gasteiger partial charge in [0, 0.05) is 0 Å². The number of nitrogens with two attached hydrogens (primary N) is 1. The van der Waals surface area contributed by atoms with Gasteiger partial charge in [0.05, 0.1) is 32.0 Å². The molecule has 3 N–H and O–H groups in total. The first-order chi connectivity index (χ1) is 9.38. The highest BCUT2D eigenvalue weighted by Gasteiger charge is 2.14. The van der Waals surface area contributed by atoms with Crippen LogP contribution < -0.4 is 11.1 Å². The van der Waals surface area contributed by atoms with Crippen LogP contribution in [-0.4, -0.2) is 10.9 Å². The van der Waals surface area contributed by atoms with Gasteiger partial charge in [-0.1, -0.05) is 23.2 Å². The Morgan fingerprint density at radius 1 is 1.30 bits per heavy atom. The number of nitrogens with one attached hydrogen (secondary N) is 1. The summed E-state index contributed by atoms with van der Waals surface area (Å²) >= 11 is 14.7. The van der Waals surface area contributed by atoms with Crippen LogP contribution in [0.25, 0.3) is 0 Å². The van der Waals surface area contributed by atoms with E-state index in [1.165, 1.54) is 18.3 Å². The molecule has 2 rings (SSSR count). The van der Waals surface area contributed by atoms with Crippen LogP contribution in [0.4, 0.5) is 15.9 Å². The maximum absolute atomic E-state index is 13.4. The molecule has 104 valence electrons. The van der Waals surface area contributed by atoms with Gasteiger partial charge in [-0.25, -0.2) is 9.37 Å². The van der Waals surface area contributed by atoms with Gasteiger partial charge in [-0.05, 0) is 34.1 Å². The Bertz CT molecular complexity index is 697. The number of benzene rings is 1. The quantitative estimate of drug-likeness (QED) is 0.772. The van der Waals surface area contributed by atoms with Crippen LogP contribution in [0.2, 0.25) is 10.0 Å². The highest BCUT2D eigenvalue weighted by Crippen LogP contribution is 2.26. The Morgan fingerprint density at radius 3 is 2.65 bits per heavy atom. The molecule has 0 aliphatic rings. The number of hydrogen-bond donors (Lipinski definition) is 2. The van der Waals surface area contributed by atoms with E-state index in [1.807, 2.05) is 0 Å². The van der Waals surface area contributed by atoms with E-state index in [1.54, 1.807) is 0 Å². The van der Waals surface area contributed by atoms with Gasteiger partial charge in [0.2, 0.25) is 0 Å². The third kappa shape index (κ3) is 3.20. The average Bonchev–Trinajstić information content (AvgIpc) is 2.38. The fraction of sp³-hybridized carbons (Fsp3) is 0. The second-order valence-electron chi connectivity index (χ2n) is 3.79. The number of amides is 1. The van der Waals surface area contributed by atoms with Crippen molar-refractivity contribution < 1.29 is 9.18 Å². The minimum atomic E-state index is -0.590. The second kappa shape index (κ2) is 5.95. The minimum absolute atomic E-state index is 0.000291. The number of nitrogens with zero attached hydrogens (tertiary/aromatic N) is 1. The normalized spacial score (nSPS) is 10.4. The number of pyridine rings is 1. The first-order valence-corrected chi connectivity index (χ1v) is 6.80. The Balaban J connectivity index is 2.28. The summed E-state index contributed by atoms with van der Waals surface area (Å²) in [5.41, 5.74) is 5.79. The summed E-state index contributed by atoms with van der Waals surface area (Å²) in [6.45, 7) is 0. The van der Waals surface area contributed by atoms with E-state index in [2.05, 4.69) is 26.2 Å². The maximum atomic E-state index is 13.4. The molecule has 0 saturated heterocycles. The van der Waals surface area contributed by atoms with E-state index in [0.717, 1.165) is 6.07 Å². The lowest BCUT2D eigenvalue weighted by atomic mass is 10.2. The van der Waals surface area contributed by atoms with Crippen LogP contribution in [0, 0.1) is 5.82 Å². The van der Waals surface area contributed by atoms with Crippen molar-refractivity contribution in [3.05, 3.63) is 50.3 Å². The van der Waals surface area contributed by atoms with Crippen molar-refractivity contribution in [3.63, 3.8) is 0 Å². The number of nitrogen functional groups attached to an aromatic ring is 1. The monoisotopic (exact) mass is 377 g/mol. The van der Waals surface area contributed by atoms with Crippen LogP contribution in [0.15, 0.2) is 28.9 Å². The highest BCUT2D eigenvalue weighted by atomic mass is 79.9. The number of halogens is 4. The molecule has 0 fully saturated rings. The van der Waals surface area contributed by atoms with E-state index >= 15 is 0 Å². The molecule has 0 radical (unpaired) electrons. The van der Waals surface area contributed by atoms with Crippen LogP contribution >= 0.6 is 39.1 Å². The molecular weight excluding hydrogens is 372 g/mol. The Morgan fingerprint density at radius 2 is 2.00 bits per heavy atom. The molecule has 0 saturated carbocycles. The molecule has 1 heterocycles. The number of carbonyl (C=O) groups is 1. The number of rotatable bonds is 2. The number of hydrogen-bond acceptors (Lipinski definition) is 3. The lowest BCUT2D eigenvalue weighted by molar-refractivity contribution is 0.102. The maximum Gasteiger partial charge on any atom is 0.257 e. The molecule has 0 atom stereocenters. The lowest BCUT2D eigenvalue weighted by Gasteiger charge is -2.08. The summed E-state index contributed by atoms with van der Waals surface area (Å²) < 4.78 is 13.6. The van der Waals surface area contributed by atoms with Crippen molar-refractivity contribution in [2.75, 3.05) is 11.1 Å². The van der Waals surface area contributed by atoms with E-state index in [9.17, 15) is 9.18 Å². The SMILES string of the molecule is Nc1ncc(NC(=O)c2cc(F)c(Br)cc2Cl)cc1Cl. The predicted molar refractivity (Wildman–Crippen MR) is 80.7 cm³/mol. The van der Waals surface area contributed by atoms with Gasteiger partial charge >= 0.3 is 0 Å². The van der Waals surface area contributed by atoms with Gasteiger partial charge in [0.25, 0.3) is 5.91 Å². The average molecular weight is 379 g/mol. The van der Waals surface area contributed by atoms with E-state index in [4.69, 9.17) is 28.9 Å². The van der Waals surface area contributed by atoms with Crippen LogP contribution in [0.1, 0.15) is 10.4 Å². The van der Waals surface area contributed by atoms with Crippen LogP contribution in [0.3, 0.4) is 0 Å². The third-order valence-electron chi connectivity index (χ3n) is 2.38. The zero-order chi connectivity index (χ0) is 14.9. The lowest BCUT2D eigenvalue weighted by Crippen LogP contribution is -2.13. The fourth-order valence-corrected chi connectivity index (χ4v) is 2.30. The predicted octanol–water partition coefficient (Wildman–Crippen LogP) is 4.12. The van der Waals surface area contributed by atoms with E-state index < -0.39 is 11.7 Å². The molecule has 1 aromatic carbocycles. The molecule has 2 aromatic rings. The second-order valence-corrected chi connectivity index (χ2v) is 5.46. The van der Waals surface area contributed by atoms with Crippen molar-refractivity contribution in [1.29, 1.82) is 0 Å². The summed E-state index contributed by atoms with van der Waals surface area (Å²) in [7, 11) is 0. The van der Waals surface area contributed by atoms with Crippen molar-refractivity contribution in [2.45, 2.75) is 0 Å². The molecule has 0 unspecified atom stereocenters. The number of anilines is 2. The molecule has 0 bridgehead atoms. The van der Waals surface area contributed by atoms with Crippen molar-refractivity contribution in [2.24, 2.45) is 0 Å². The molecule has 20 heavy (non-hydrogen) atoms. The van der Waals surface area contributed by atoms with Gasteiger partial charge in [-0.15, -0.1) is 0 Å². The fourth-order valence-electron chi connectivity index (χ4n) is 1.41. The zero-order valence-electron chi connectivity index (χ0n) is 9.75. The van der Waals surface area contributed by atoms with E-state index in [0.29, 0.717) is 5.69 Å². The van der Waals surface area contributed by atoms with Crippen LogP contribution in [0.5, 0.6) is 0 Å². The van der Waals surface area contributed by atoms with Gasteiger partial charge in [-0.3, -0.25) is 4.79 Å². The van der Waals surface area contributed by atoms with Crippen molar-refractivity contribution >= 4 is 56.5 Å². The molecule has 1 amide bonds. The van der Waals surface area contributed by atoms with Gasteiger partial charge in [0.1, 0.15) is 11.6 Å². The van der Waals surface area contributed by atoms with Gasteiger partial charge in [-0.2, -0.15) is 0 Å². The third-order valence-corrected chi connectivity index (χ3v) is 3.61. The minimum Gasteiger partial charge on any atom is -0.382 e. The summed E-state index contributed by atoms with van der Waals surface area (Å²) in [4.78, 5) is 15.8. The molecule has 0 aliphatic carbocycles. The Hall–Kier alpha value is -1.37. The summed E-state index contributed by atoms with van der Waals surface area (Å²) in [6, 6.07) is 3.78. The molecular formula is C12H7BrCl2FN3O.